The van der Waals surface area contributed by atoms with Gasteiger partial charge in [-0.1, -0.05) is 15.9 Å². The molecule has 0 radical (unpaired) electrons. The lowest BCUT2D eigenvalue weighted by Crippen LogP contribution is -2.26. The van der Waals surface area contributed by atoms with Gasteiger partial charge in [0.2, 0.25) is 5.96 Å². The van der Waals surface area contributed by atoms with Crippen LogP contribution in [-0.2, 0) is 0 Å². The molecule has 0 aromatic heterocycles. The van der Waals surface area contributed by atoms with Crippen LogP contribution in [0.15, 0.2) is 32.7 Å². The first kappa shape index (κ1) is 11.5. The SMILES string of the molecule is Cc1cc(Br)cc(N=C(N)N=C(N)N)c1. The largest absolute Gasteiger partial charge is 0.370 e. The molecule has 1 aromatic rings. The minimum absolute atomic E-state index is 0.0347. The molecule has 0 amide bonds. The number of rotatable bonds is 1. The molecule has 0 saturated heterocycles. The molecule has 15 heavy (non-hydrogen) atoms. The van der Waals surface area contributed by atoms with Gasteiger partial charge in [-0.3, -0.25) is 0 Å². The number of aryl methyl sites for hydroxylation is 1. The fourth-order valence-corrected chi connectivity index (χ4v) is 1.67. The third kappa shape index (κ3) is 3.99. The van der Waals surface area contributed by atoms with Crippen molar-refractivity contribution in [2.24, 2.45) is 27.2 Å². The van der Waals surface area contributed by atoms with Crippen molar-refractivity contribution in [2.75, 3.05) is 0 Å². The smallest absolute Gasteiger partial charge is 0.223 e. The van der Waals surface area contributed by atoms with Crippen LogP contribution in [0.4, 0.5) is 5.69 Å². The summed E-state index contributed by atoms with van der Waals surface area (Å²) in [6.45, 7) is 1.96. The van der Waals surface area contributed by atoms with E-state index >= 15 is 0 Å². The summed E-state index contributed by atoms with van der Waals surface area (Å²) < 4.78 is 0.929. The number of benzene rings is 1. The maximum atomic E-state index is 5.49. The predicted molar refractivity (Wildman–Crippen MR) is 66.0 cm³/mol. The highest BCUT2D eigenvalue weighted by Crippen LogP contribution is 2.21. The molecule has 0 aliphatic carbocycles. The molecule has 0 aliphatic rings. The molecular formula is C9H12BrN5. The second kappa shape index (κ2) is 4.79. The molecule has 1 aromatic carbocycles. The molecule has 6 heteroatoms. The molecule has 1 rings (SSSR count). The second-order valence-electron chi connectivity index (χ2n) is 2.99. The number of hydrogen-bond donors (Lipinski definition) is 3. The molecule has 0 atom stereocenters. The Hall–Kier alpha value is -1.56. The van der Waals surface area contributed by atoms with Crippen molar-refractivity contribution in [3.63, 3.8) is 0 Å². The molecule has 6 N–H and O–H groups in total. The summed E-state index contributed by atoms with van der Waals surface area (Å²) in [4.78, 5) is 7.65. The van der Waals surface area contributed by atoms with E-state index in [1.807, 2.05) is 25.1 Å². The number of aliphatic imine (C=N–C) groups is 2. The van der Waals surface area contributed by atoms with E-state index < -0.39 is 0 Å². The number of nitrogens with zero attached hydrogens (tertiary/aromatic N) is 2. The average Bonchev–Trinajstić information content (AvgIpc) is 1.98. The first-order chi connectivity index (χ1) is 6.97. The van der Waals surface area contributed by atoms with Crippen LogP contribution in [0.5, 0.6) is 0 Å². The van der Waals surface area contributed by atoms with Crippen LogP contribution < -0.4 is 17.2 Å². The van der Waals surface area contributed by atoms with Gasteiger partial charge in [0.1, 0.15) is 0 Å². The van der Waals surface area contributed by atoms with Crippen molar-refractivity contribution < 1.29 is 0 Å². The number of hydrogen-bond acceptors (Lipinski definition) is 1. The Labute approximate surface area is 96.2 Å². The Kier molecular flexibility index (Phi) is 3.68. The lowest BCUT2D eigenvalue weighted by molar-refractivity contribution is 1.36. The van der Waals surface area contributed by atoms with E-state index in [4.69, 9.17) is 17.2 Å². The summed E-state index contributed by atoms with van der Waals surface area (Å²) >= 11 is 3.36. The Balaban J connectivity index is 3.03. The summed E-state index contributed by atoms with van der Waals surface area (Å²) in [6, 6.07) is 5.66. The third-order valence-electron chi connectivity index (χ3n) is 1.51. The number of guanidine groups is 2. The molecule has 5 nitrogen and oxygen atoms in total. The van der Waals surface area contributed by atoms with E-state index in [-0.39, 0.29) is 11.9 Å². The molecule has 80 valence electrons. The zero-order valence-corrected chi connectivity index (χ0v) is 9.82. The monoisotopic (exact) mass is 269 g/mol. The van der Waals surface area contributed by atoms with Gasteiger partial charge in [0.05, 0.1) is 5.69 Å². The normalized spacial score (nSPS) is 11.2. The molecular weight excluding hydrogens is 258 g/mol. The van der Waals surface area contributed by atoms with Crippen LogP contribution in [0.25, 0.3) is 0 Å². The Morgan fingerprint density at radius 3 is 2.40 bits per heavy atom. The fraction of sp³-hybridized carbons (Fsp3) is 0.111. The van der Waals surface area contributed by atoms with Gasteiger partial charge in [0.25, 0.3) is 0 Å². The zero-order valence-electron chi connectivity index (χ0n) is 8.24. The van der Waals surface area contributed by atoms with Gasteiger partial charge in [-0.2, -0.15) is 4.99 Å². The standard InChI is InChI=1S/C9H12BrN5/c1-5-2-6(10)4-7(3-5)14-9(13)15-8(11)12/h2-4H,1H3,(H6,11,12,13,14,15). The highest BCUT2D eigenvalue weighted by atomic mass is 79.9. The summed E-state index contributed by atoms with van der Waals surface area (Å²) in [6.07, 6.45) is 0. The predicted octanol–water partition coefficient (Wildman–Crippen LogP) is 0.977. The molecule has 0 unspecified atom stereocenters. The molecule has 0 fully saturated rings. The van der Waals surface area contributed by atoms with E-state index in [2.05, 4.69) is 25.9 Å². The molecule has 0 heterocycles. The van der Waals surface area contributed by atoms with Crippen LogP contribution >= 0.6 is 15.9 Å². The van der Waals surface area contributed by atoms with Gasteiger partial charge >= 0.3 is 0 Å². The lowest BCUT2D eigenvalue weighted by Gasteiger charge is -1.99. The summed E-state index contributed by atoms with van der Waals surface area (Å²) in [5, 5.41) is 0. The van der Waals surface area contributed by atoms with E-state index in [9.17, 15) is 0 Å². The second-order valence-corrected chi connectivity index (χ2v) is 3.91. The highest BCUT2D eigenvalue weighted by Gasteiger charge is 1.96. The zero-order chi connectivity index (χ0) is 11.4. The lowest BCUT2D eigenvalue weighted by atomic mass is 10.2. The van der Waals surface area contributed by atoms with Crippen molar-refractivity contribution in [2.45, 2.75) is 6.92 Å². The quantitative estimate of drug-likeness (QED) is 0.523. The van der Waals surface area contributed by atoms with Crippen LogP contribution in [0.2, 0.25) is 0 Å². The minimum Gasteiger partial charge on any atom is -0.370 e. The Bertz CT molecular complexity index is 400. The molecule has 0 aliphatic heterocycles. The topological polar surface area (TPSA) is 103 Å². The maximum Gasteiger partial charge on any atom is 0.223 e. The van der Waals surface area contributed by atoms with Gasteiger partial charge in [0, 0.05) is 4.47 Å². The Morgan fingerprint density at radius 2 is 1.87 bits per heavy atom. The van der Waals surface area contributed by atoms with Crippen LogP contribution in [-0.4, -0.2) is 11.9 Å². The van der Waals surface area contributed by atoms with E-state index in [0.717, 1.165) is 10.0 Å². The van der Waals surface area contributed by atoms with Crippen molar-refractivity contribution in [3.05, 3.63) is 28.2 Å². The van der Waals surface area contributed by atoms with E-state index in [0.29, 0.717) is 5.69 Å². The summed E-state index contributed by atoms with van der Waals surface area (Å²) in [7, 11) is 0. The van der Waals surface area contributed by atoms with Gasteiger partial charge in [-0.25, -0.2) is 4.99 Å². The van der Waals surface area contributed by atoms with Gasteiger partial charge in [-0.05, 0) is 30.7 Å². The van der Waals surface area contributed by atoms with Crippen molar-refractivity contribution >= 4 is 33.5 Å². The number of nitrogens with two attached hydrogens (primary N) is 3. The van der Waals surface area contributed by atoms with Gasteiger partial charge in [-0.15, -0.1) is 0 Å². The molecule has 0 saturated carbocycles. The van der Waals surface area contributed by atoms with Crippen LogP contribution in [0, 0.1) is 6.92 Å². The van der Waals surface area contributed by atoms with Crippen LogP contribution in [0.3, 0.4) is 0 Å². The summed E-state index contributed by atoms with van der Waals surface area (Å²) in [5.74, 6) is -0.0736. The average molecular weight is 270 g/mol. The molecule has 0 bridgehead atoms. The third-order valence-corrected chi connectivity index (χ3v) is 1.97. The van der Waals surface area contributed by atoms with Gasteiger partial charge < -0.3 is 17.2 Å². The summed E-state index contributed by atoms with van der Waals surface area (Å²) in [5.41, 5.74) is 17.6. The van der Waals surface area contributed by atoms with E-state index in [1.54, 1.807) is 0 Å². The highest BCUT2D eigenvalue weighted by molar-refractivity contribution is 9.10. The van der Waals surface area contributed by atoms with Crippen molar-refractivity contribution in [1.29, 1.82) is 0 Å². The maximum absolute atomic E-state index is 5.49. The Morgan fingerprint density at radius 1 is 1.20 bits per heavy atom. The molecule has 0 spiro atoms. The van der Waals surface area contributed by atoms with E-state index in [1.165, 1.54) is 0 Å². The minimum atomic E-state index is -0.108. The number of halogens is 1. The van der Waals surface area contributed by atoms with Crippen molar-refractivity contribution in [1.82, 2.24) is 0 Å². The van der Waals surface area contributed by atoms with Gasteiger partial charge in [0.15, 0.2) is 5.96 Å². The first-order valence-electron chi connectivity index (χ1n) is 4.18. The van der Waals surface area contributed by atoms with Crippen molar-refractivity contribution in [3.8, 4) is 0 Å². The van der Waals surface area contributed by atoms with Crippen LogP contribution in [0.1, 0.15) is 5.56 Å². The first-order valence-corrected chi connectivity index (χ1v) is 4.97. The fourth-order valence-electron chi connectivity index (χ4n) is 1.07.